The molecule has 27 heavy (non-hydrogen) atoms. The largest absolute Gasteiger partial charge is 0.497 e. The van der Waals surface area contributed by atoms with Crippen LogP contribution < -0.4 is 9.47 Å². The highest BCUT2D eigenvalue weighted by molar-refractivity contribution is 5.80. The molecule has 2 aromatic rings. The molecule has 8 nitrogen and oxygen atoms in total. The summed E-state index contributed by atoms with van der Waals surface area (Å²) in [7, 11) is 1.64. The van der Waals surface area contributed by atoms with Crippen molar-refractivity contribution >= 4 is 5.91 Å². The van der Waals surface area contributed by atoms with E-state index in [0.717, 1.165) is 30.2 Å². The number of ether oxygens (including phenoxy) is 2. The van der Waals surface area contributed by atoms with Crippen molar-refractivity contribution in [3.63, 3.8) is 0 Å². The zero-order chi connectivity index (χ0) is 18.8. The van der Waals surface area contributed by atoms with Gasteiger partial charge in [0.25, 0.3) is 0 Å². The molecule has 0 saturated carbocycles. The fraction of sp³-hybridized carbons (Fsp3) is 0.526. The lowest BCUT2D eigenvalue weighted by Gasteiger charge is -2.36. The van der Waals surface area contributed by atoms with Crippen LogP contribution in [-0.2, 0) is 17.8 Å². The minimum atomic E-state index is -0.127. The van der Waals surface area contributed by atoms with Crippen LogP contribution in [0.3, 0.4) is 0 Å². The number of amides is 1. The number of carbonyl (C=O) groups excluding carboxylic acids is 1. The first-order chi connectivity index (χ1) is 13.1. The molecule has 1 aromatic carbocycles. The Morgan fingerprint density at radius 2 is 2.11 bits per heavy atom. The number of rotatable bonds is 4. The Balaban J connectivity index is 1.31. The summed E-state index contributed by atoms with van der Waals surface area (Å²) in [5.41, 5.74) is 1.06. The lowest BCUT2D eigenvalue weighted by molar-refractivity contribution is -0.138. The van der Waals surface area contributed by atoms with Crippen LogP contribution in [0.2, 0.25) is 0 Å². The standard InChI is InChI=1S/C19H24N4O4/c1-13-20-18(21-27-13)11-22-5-7-23(8-6-22)19(24)15-9-14-3-4-16(25-2)10-17(14)26-12-15/h3-4,10,15H,5-9,11-12H2,1-2H3/t15-/m0/s1. The summed E-state index contributed by atoms with van der Waals surface area (Å²) in [4.78, 5) is 21.3. The molecular formula is C19H24N4O4. The number of fused-ring (bicyclic) bond motifs is 1. The second-order valence-electron chi connectivity index (χ2n) is 7.02. The number of hydrogen-bond donors (Lipinski definition) is 0. The van der Waals surface area contributed by atoms with E-state index in [1.165, 1.54) is 0 Å². The van der Waals surface area contributed by atoms with Gasteiger partial charge in [-0.3, -0.25) is 9.69 Å². The Morgan fingerprint density at radius 1 is 1.30 bits per heavy atom. The quantitative estimate of drug-likeness (QED) is 0.800. The lowest BCUT2D eigenvalue weighted by atomic mass is 9.95. The lowest BCUT2D eigenvalue weighted by Crippen LogP contribution is -2.51. The third-order valence-corrected chi connectivity index (χ3v) is 5.15. The van der Waals surface area contributed by atoms with Crippen molar-refractivity contribution in [2.24, 2.45) is 5.92 Å². The zero-order valence-corrected chi connectivity index (χ0v) is 15.7. The van der Waals surface area contributed by atoms with Gasteiger partial charge >= 0.3 is 0 Å². The monoisotopic (exact) mass is 372 g/mol. The average Bonchev–Trinajstić information content (AvgIpc) is 3.11. The summed E-state index contributed by atoms with van der Waals surface area (Å²) < 4.78 is 16.1. The average molecular weight is 372 g/mol. The molecule has 1 amide bonds. The van der Waals surface area contributed by atoms with Crippen LogP contribution in [0.1, 0.15) is 17.3 Å². The van der Waals surface area contributed by atoms with Crippen LogP contribution in [0.5, 0.6) is 11.5 Å². The van der Waals surface area contributed by atoms with E-state index in [4.69, 9.17) is 14.0 Å². The first kappa shape index (κ1) is 17.8. The van der Waals surface area contributed by atoms with E-state index in [2.05, 4.69) is 15.0 Å². The van der Waals surface area contributed by atoms with Crippen molar-refractivity contribution in [3.8, 4) is 11.5 Å². The summed E-state index contributed by atoms with van der Waals surface area (Å²) in [6.07, 6.45) is 0.709. The number of benzene rings is 1. The Bertz CT molecular complexity index is 814. The number of piperazine rings is 1. The molecule has 0 spiro atoms. The summed E-state index contributed by atoms with van der Waals surface area (Å²) in [5.74, 6) is 2.91. The molecule has 0 bridgehead atoms. The number of hydrogen-bond acceptors (Lipinski definition) is 7. The molecule has 8 heteroatoms. The normalized spacial score (nSPS) is 20.1. The molecule has 2 aliphatic heterocycles. The fourth-order valence-corrected chi connectivity index (χ4v) is 3.63. The van der Waals surface area contributed by atoms with Gasteiger partial charge in [-0.05, 0) is 18.1 Å². The van der Waals surface area contributed by atoms with Crippen molar-refractivity contribution < 1.29 is 18.8 Å². The molecule has 0 radical (unpaired) electrons. The van der Waals surface area contributed by atoms with Crippen LogP contribution in [0.4, 0.5) is 0 Å². The summed E-state index contributed by atoms with van der Waals surface area (Å²) >= 11 is 0. The van der Waals surface area contributed by atoms with Crippen molar-refractivity contribution in [2.75, 3.05) is 39.9 Å². The molecule has 0 unspecified atom stereocenters. The predicted octanol–water partition coefficient (Wildman–Crippen LogP) is 1.28. The predicted molar refractivity (Wildman–Crippen MR) is 96.6 cm³/mol. The van der Waals surface area contributed by atoms with Gasteiger partial charge in [0.2, 0.25) is 11.8 Å². The summed E-state index contributed by atoms with van der Waals surface area (Å²) in [6.45, 7) is 5.89. The van der Waals surface area contributed by atoms with Gasteiger partial charge < -0.3 is 18.9 Å². The molecule has 144 valence electrons. The zero-order valence-electron chi connectivity index (χ0n) is 15.7. The van der Waals surface area contributed by atoms with Gasteiger partial charge in [0.15, 0.2) is 5.82 Å². The number of aryl methyl sites for hydroxylation is 1. The van der Waals surface area contributed by atoms with E-state index >= 15 is 0 Å². The van der Waals surface area contributed by atoms with Gasteiger partial charge in [0.05, 0.1) is 19.6 Å². The smallest absolute Gasteiger partial charge is 0.229 e. The highest BCUT2D eigenvalue weighted by Crippen LogP contribution is 2.31. The van der Waals surface area contributed by atoms with Crippen LogP contribution in [-0.4, -0.2) is 65.7 Å². The van der Waals surface area contributed by atoms with Gasteiger partial charge in [-0.25, -0.2) is 0 Å². The van der Waals surface area contributed by atoms with Gasteiger partial charge in [0, 0.05) is 39.2 Å². The molecule has 1 saturated heterocycles. The van der Waals surface area contributed by atoms with Crippen molar-refractivity contribution in [3.05, 3.63) is 35.5 Å². The highest BCUT2D eigenvalue weighted by atomic mass is 16.5. The molecule has 0 N–H and O–H groups in total. The summed E-state index contributed by atoms with van der Waals surface area (Å²) in [6, 6.07) is 5.78. The van der Waals surface area contributed by atoms with Crippen molar-refractivity contribution in [2.45, 2.75) is 19.9 Å². The van der Waals surface area contributed by atoms with Crippen LogP contribution >= 0.6 is 0 Å². The van der Waals surface area contributed by atoms with E-state index in [9.17, 15) is 4.79 Å². The number of nitrogens with zero attached hydrogens (tertiary/aromatic N) is 4. The molecule has 1 fully saturated rings. The van der Waals surface area contributed by atoms with Gasteiger partial charge in [0.1, 0.15) is 18.1 Å². The maximum atomic E-state index is 12.9. The molecule has 1 atom stereocenters. The molecule has 0 aliphatic carbocycles. The maximum absolute atomic E-state index is 12.9. The van der Waals surface area contributed by atoms with Crippen LogP contribution in [0.15, 0.2) is 22.7 Å². The summed E-state index contributed by atoms with van der Waals surface area (Å²) in [5, 5.41) is 3.94. The molecular weight excluding hydrogens is 348 g/mol. The number of aromatic nitrogens is 2. The maximum Gasteiger partial charge on any atom is 0.229 e. The Morgan fingerprint density at radius 3 is 2.81 bits per heavy atom. The molecule has 2 aliphatic rings. The van der Waals surface area contributed by atoms with E-state index < -0.39 is 0 Å². The molecule has 3 heterocycles. The third kappa shape index (κ3) is 3.90. The molecule has 4 rings (SSSR count). The van der Waals surface area contributed by atoms with Crippen LogP contribution in [0, 0.1) is 12.8 Å². The Labute approximate surface area is 158 Å². The number of carbonyl (C=O) groups is 1. The fourth-order valence-electron chi connectivity index (χ4n) is 3.63. The highest BCUT2D eigenvalue weighted by Gasteiger charge is 2.31. The van der Waals surface area contributed by atoms with Crippen LogP contribution in [0.25, 0.3) is 0 Å². The second-order valence-corrected chi connectivity index (χ2v) is 7.02. The minimum absolute atomic E-state index is 0.127. The third-order valence-electron chi connectivity index (χ3n) is 5.15. The SMILES string of the molecule is COc1ccc2c(c1)OC[C@@H](C(=O)N1CCN(Cc3noc(C)n3)CC1)C2. The van der Waals surface area contributed by atoms with Gasteiger partial charge in [-0.2, -0.15) is 4.98 Å². The minimum Gasteiger partial charge on any atom is -0.497 e. The van der Waals surface area contributed by atoms with Gasteiger partial charge in [-0.15, -0.1) is 0 Å². The van der Waals surface area contributed by atoms with E-state index in [1.807, 2.05) is 23.1 Å². The second kappa shape index (κ2) is 7.56. The van der Waals surface area contributed by atoms with E-state index in [1.54, 1.807) is 14.0 Å². The van der Waals surface area contributed by atoms with E-state index in [-0.39, 0.29) is 11.8 Å². The van der Waals surface area contributed by atoms with Crippen molar-refractivity contribution in [1.82, 2.24) is 19.9 Å². The topological polar surface area (TPSA) is 80.9 Å². The molecule has 1 aromatic heterocycles. The first-order valence-electron chi connectivity index (χ1n) is 9.22. The first-order valence-corrected chi connectivity index (χ1v) is 9.22. The number of methoxy groups -OCH3 is 1. The Kier molecular flexibility index (Phi) is 4.98. The van der Waals surface area contributed by atoms with E-state index in [0.29, 0.717) is 44.4 Å². The Hall–Kier alpha value is -2.61. The van der Waals surface area contributed by atoms with Crippen molar-refractivity contribution in [1.29, 1.82) is 0 Å². The van der Waals surface area contributed by atoms with Gasteiger partial charge in [-0.1, -0.05) is 11.2 Å².